The normalized spacial score (nSPS) is 15.4. The molecule has 0 atom stereocenters. The van der Waals surface area contributed by atoms with Crippen molar-refractivity contribution in [1.29, 1.82) is 0 Å². The van der Waals surface area contributed by atoms with Gasteiger partial charge in [0.15, 0.2) is 5.96 Å². The summed E-state index contributed by atoms with van der Waals surface area (Å²) in [6.07, 6.45) is 3.36. The Morgan fingerprint density at radius 2 is 2.08 bits per heavy atom. The van der Waals surface area contributed by atoms with E-state index in [0.29, 0.717) is 0 Å². The van der Waals surface area contributed by atoms with Crippen LogP contribution in [0, 0.1) is 6.92 Å². The van der Waals surface area contributed by atoms with E-state index in [-0.39, 0.29) is 29.4 Å². The first kappa shape index (κ1) is 20.6. The summed E-state index contributed by atoms with van der Waals surface area (Å²) in [5.74, 6) is 0.861. The van der Waals surface area contributed by atoms with E-state index in [1.54, 1.807) is 11.3 Å². The highest BCUT2D eigenvalue weighted by Gasteiger charge is 2.45. The minimum atomic E-state index is 0. The number of halogens is 2. The van der Waals surface area contributed by atoms with Crippen LogP contribution in [-0.4, -0.2) is 31.1 Å². The van der Waals surface area contributed by atoms with E-state index in [9.17, 15) is 0 Å². The van der Waals surface area contributed by atoms with Crippen LogP contribution in [0.5, 0.6) is 0 Å². The van der Waals surface area contributed by atoms with Crippen molar-refractivity contribution in [3.63, 3.8) is 0 Å². The van der Waals surface area contributed by atoms with E-state index in [1.807, 2.05) is 14.0 Å². The minimum absolute atomic E-state index is 0. The molecule has 1 heterocycles. The van der Waals surface area contributed by atoms with Gasteiger partial charge in [0.2, 0.25) is 0 Å². The van der Waals surface area contributed by atoms with Gasteiger partial charge >= 0.3 is 0 Å². The molecule has 0 amide bonds. The molecule has 3 rings (SSSR count). The maximum Gasteiger partial charge on any atom is 0.191 e. The van der Waals surface area contributed by atoms with Gasteiger partial charge in [-0.3, -0.25) is 4.99 Å². The average Bonchev–Trinajstić information content (AvgIpc) is 3.26. The zero-order valence-corrected chi connectivity index (χ0v) is 19.2. The van der Waals surface area contributed by atoms with E-state index < -0.39 is 0 Å². The zero-order chi connectivity index (χ0) is 17.0. The second-order valence-electron chi connectivity index (χ2n) is 6.22. The van der Waals surface area contributed by atoms with E-state index in [2.05, 4.69) is 66.2 Å². The van der Waals surface area contributed by atoms with Gasteiger partial charge in [-0.2, -0.15) is 0 Å². The summed E-state index contributed by atoms with van der Waals surface area (Å²) in [6, 6.07) is 8.53. The summed E-state index contributed by atoms with van der Waals surface area (Å²) < 4.78 is 1.20. The Hall–Kier alpha value is -0.670. The fourth-order valence-corrected chi connectivity index (χ4v) is 4.24. The van der Waals surface area contributed by atoms with E-state index in [4.69, 9.17) is 0 Å². The van der Waals surface area contributed by atoms with E-state index in [0.717, 1.165) is 36.2 Å². The molecule has 1 fully saturated rings. The molecule has 0 saturated heterocycles. The summed E-state index contributed by atoms with van der Waals surface area (Å²) >= 11 is 5.39. The average molecular weight is 535 g/mol. The third-order valence-electron chi connectivity index (χ3n) is 4.46. The number of thiazole rings is 1. The highest BCUT2D eigenvalue weighted by molar-refractivity contribution is 14.0. The monoisotopic (exact) mass is 534 g/mol. The zero-order valence-electron chi connectivity index (χ0n) is 14.5. The molecular formula is C18H24BrIN4S. The molecule has 2 N–H and O–H groups in total. The first-order valence-corrected chi connectivity index (χ1v) is 9.91. The third kappa shape index (κ3) is 5.40. The summed E-state index contributed by atoms with van der Waals surface area (Å²) in [5, 5.41) is 10.1. The van der Waals surface area contributed by atoms with Crippen LogP contribution < -0.4 is 10.6 Å². The molecule has 2 aromatic rings. The van der Waals surface area contributed by atoms with Crippen LogP contribution in [0.25, 0.3) is 0 Å². The van der Waals surface area contributed by atoms with E-state index in [1.165, 1.54) is 22.9 Å². The predicted octanol–water partition coefficient (Wildman–Crippen LogP) is 4.27. The Morgan fingerprint density at radius 3 is 2.68 bits per heavy atom. The number of nitrogens with zero attached hydrogens (tertiary/aromatic N) is 2. The van der Waals surface area contributed by atoms with Crippen LogP contribution in [0.2, 0.25) is 0 Å². The Labute approximate surface area is 179 Å². The smallest absolute Gasteiger partial charge is 0.191 e. The number of aromatic nitrogens is 1. The molecule has 0 spiro atoms. The summed E-state index contributed by atoms with van der Waals surface area (Å²) in [7, 11) is 1.82. The first-order chi connectivity index (χ1) is 11.6. The van der Waals surface area contributed by atoms with Gasteiger partial charge in [-0.15, -0.1) is 35.3 Å². The lowest BCUT2D eigenvalue weighted by atomic mass is 9.96. The van der Waals surface area contributed by atoms with Gasteiger partial charge in [-0.1, -0.05) is 34.1 Å². The minimum Gasteiger partial charge on any atom is -0.356 e. The molecule has 4 nitrogen and oxygen atoms in total. The van der Waals surface area contributed by atoms with Gasteiger partial charge in [0, 0.05) is 41.8 Å². The molecule has 1 aliphatic carbocycles. The van der Waals surface area contributed by atoms with Crippen LogP contribution in [0.15, 0.2) is 39.1 Å². The highest BCUT2D eigenvalue weighted by atomic mass is 127. The van der Waals surface area contributed by atoms with E-state index >= 15 is 0 Å². The molecule has 7 heteroatoms. The SMILES string of the molecule is CN=C(NCCc1csc(C)n1)NCC1(c2ccccc2Br)CC1.I. The fraction of sp³-hybridized carbons (Fsp3) is 0.444. The lowest BCUT2D eigenvalue weighted by molar-refractivity contribution is 0.642. The van der Waals surface area contributed by atoms with Crippen LogP contribution in [0.4, 0.5) is 0 Å². The number of hydrogen-bond donors (Lipinski definition) is 2. The predicted molar refractivity (Wildman–Crippen MR) is 120 cm³/mol. The standard InChI is InChI=1S/C18H23BrN4S.HI/c1-13-23-14(11-24-13)7-10-21-17(20-2)22-12-18(8-9-18)15-5-3-4-6-16(15)19;/h3-6,11H,7-10,12H2,1-2H3,(H2,20,21,22);1H. The molecule has 1 aliphatic rings. The molecule has 0 radical (unpaired) electrons. The molecule has 0 unspecified atom stereocenters. The lowest BCUT2D eigenvalue weighted by Crippen LogP contribution is -2.42. The maximum atomic E-state index is 4.49. The number of hydrogen-bond acceptors (Lipinski definition) is 3. The van der Waals surface area contributed by atoms with Crippen molar-refractivity contribution in [3.8, 4) is 0 Å². The number of nitrogens with one attached hydrogen (secondary N) is 2. The second-order valence-corrected chi connectivity index (χ2v) is 8.14. The Morgan fingerprint density at radius 1 is 1.32 bits per heavy atom. The van der Waals surface area contributed by atoms with Crippen LogP contribution in [-0.2, 0) is 11.8 Å². The third-order valence-corrected chi connectivity index (χ3v) is 5.97. The lowest BCUT2D eigenvalue weighted by Gasteiger charge is -2.20. The van der Waals surface area contributed by atoms with Crippen LogP contribution in [0.3, 0.4) is 0 Å². The first-order valence-electron chi connectivity index (χ1n) is 8.23. The molecule has 0 bridgehead atoms. The number of rotatable bonds is 6. The van der Waals surface area contributed by atoms with Crippen molar-refractivity contribution in [2.45, 2.75) is 31.6 Å². The van der Waals surface area contributed by atoms with Crippen molar-refractivity contribution < 1.29 is 0 Å². The van der Waals surface area contributed by atoms with Crippen molar-refractivity contribution >= 4 is 57.2 Å². The molecule has 25 heavy (non-hydrogen) atoms. The molecule has 0 aliphatic heterocycles. The molecule has 1 aromatic carbocycles. The Bertz CT molecular complexity index is 727. The van der Waals surface area contributed by atoms with Crippen molar-refractivity contribution in [3.05, 3.63) is 50.4 Å². The maximum absolute atomic E-state index is 4.49. The number of guanidine groups is 1. The highest BCUT2D eigenvalue weighted by Crippen LogP contribution is 2.49. The van der Waals surface area contributed by atoms with Crippen LogP contribution in [0.1, 0.15) is 29.1 Å². The van der Waals surface area contributed by atoms with Crippen molar-refractivity contribution in [1.82, 2.24) is 15.6 Å². The second kappa shape index (κ2) is 9.32. The van der Waals surface area contributed by atoms with Gasteiger partial charge in [-0.05, 0) is 31.4 Å². The Balaban J connectivity index is 0.00000225. The summed E-state index contributed by atoms with van der Waals surface area (Å²) in [5.41, 5.74) is 2.78. The van der Waals surface area contributed by atoms with Gasteiger partial charge in [0.25, 0.3) is 0 Å². The van der Waals surface area contributed by atoms with Crippen LogP contribution >= 0.6 is 51.2 Å². The summed E-state index contributed by atoms with van der Waals surface area (Å²) in [4.78, 5) is 8.83. The van der Waals surface area contributed by atoms with Gasteiger partial charge in [0.1, 0.15) is 0 Å². The fourth-order valence-electron chi connectivity index (χ4n) is 2.89. The van der Waals surface area contributed by atoms with Crippen molar-refractivity contribution in [2.75, 3.05) is 20.1 Å². The topological polar surface area (TPSA) is 49.3 Å². The summed E-state index contributed by atoms with van der Waals surface area (Å²) in [6.45, 7) is 3.79. The van der Waals surface area contributed by atoms with Gasteiger partial charge in [-0.25, -0.2) is 4.98 Å². The Kier molecular flexibility index (Phi) is 7.69. The molecular weight excluding hydrogens is 511 g/mol. The molecule has 1 aromatic heterocycles. The molecule has 136 valence electrons. The largest absolute Gasteiger partial charge is 0.356 e. The van der Waals surface area contributed by atoms with Gasteiger partial charge in [0.05, 0.1) is 10.7 Å². The quantitative estimate of drug-likeness (QED) is 0.330. The molecule has 1 saturated carbocycles. The van der Waals surface area contributed by atoms with Crippen molar-refractivity contribution in [2.24, 2.45) is 4.99 Å². The van der Waals surface area contributed by atoms with Gasteiger partial charge < -0.3 is 10.6 Å². The number of benzene rings is 1. The number of aliphatic imine (C=N–C) groups is 1. The number of aryl methyl sites for hydroxylation is 1.